The van der Waals surface area contributed by atoms with E-state index >= 15 is 0 Å². The van der Waals surface area contributed by atoms with Gasteiger partial charge in [0.25, 0.3) is 0 Å². The van der Waals surface area contributed by atoms with Crippen molar-refractivity contribution in [3.8, 4) is 0 Å². The maximum Gasteiger partial charge on any atom is 0.224 e. The fourth-order valence-electron chi connectivity index (χ4n) is 2.15. The van der Waals surface area contributed by atoms with Crippen molar-refractivity contribution in [3.63, 3.8) is 0 Å². The largest absolute Gasteiger partial charge is 0.355 e. The highest BCUT2D eigenvalue weighted by Crippen LogP contribution is 2.19. The summed E-state index contributed by atoms with van der Waals surface area (Å²) in [6.45, 7) is 2.55. The van der Waals surface area contributed by atoms with Crippen LogP contribution in [0.1, 0.15) is 32.6 Å². The van der Waals surface area contributed by atoms with Crippen LogP contribution < -0.4 is 11.1 Å². The first-order valence-electron chi connectivity index (χ1n) is 6.20. The van der Waals surface area contributed by atoms with Crippen LogP contribution in [0.5, 0.6) is 0 Å². The lowest BCUT2D eigenvalue weighted by molar-refractivity contribution is -0.124. The van der Waals surface area contributed by atoms with E-state index in [4.69, 9.17) is 5.73 Å². The average Bonchev–Trinajstić information content (AvgIpc) is 2.62. The molecule has 1 fully saturated rings. The Labute approximate surface area is 103 Å². The molecule has 1 heterocycles. The van der Waals surface area contributed by atoms with Gasteiger partial charge in [0.05, 0.1) is 16.9 Å². The molecule has 0 bridgehead atoms. The van der Waals surface area contributed by atoms with Crippen molar-refractivity contribution >= 4 is 15.7 Å². The van der Waals surface area contributed by atoms with Crippen LogP contribution in [0.15, 0.2) is 0 Å². The maximum atomic E-state index is 11.7. The van der Waals surface area contributed by atoms with E-state index in [1.54, 1.807) is 0 Å². The Balaban J connectivity index is 2.42. The fourth-order valence-corrected chi connectivity index (χ4v) is 3.92. The predicted molar refractivity (Wildman–Crippen MR) is 67.3 cm³/mol. The summed E-state index contributed by atoms with van der Waals surface area (Å²) in [5.41, 5.74) is 5.52. The van der Waals surface area contributed by atoms with Gasteiger partial charge in [0, 0.05) is 13.1 Å². The van der Waals surface area contributed by atoms with Crippen molar-refractivity contribution in [1.82, 2.24) is 5.32 Å². The van der Waals surface area contributed by atoms with Gasteiger partial charge in [-0.2, -0.15) is 0 Å². The summed E-state index contributed by atoms with van der Waals surface area (Å²) in [5, 5.41) is 2.32. The molecule has 0 saturated carbocycles. The highest BCUT2D eigenvalue weighted by Gasteiger charge is 2.31. The third-order valence-electron chi connectivity index (χ3n) is 3.26. The summed E-state index contributed by atoms with van der Waals surface area (Å²) in [6.07, 6.45) is 3.01. The predicted octanol–water partition coefficient (Wildman–Crippen LogP) is 0.0548. The molecule has 0 spiro atoms. The highest BCUT2D eigenvalue weighted by atomic mass is 32.2. The number of nitrogens with two attached hydrogens (primary N) is 1. The van der Waals surface area contributed by atoms with Gasteiger partial charge >= 0.3 is 0 Å². The van der Waals surface area contributed by atoms with Crippen molar-refractivity contribution in [2.75, 3.05) is 18.8 Å². The zero-order valence-corrected chi connectivity index (χ0v) is 11.1. The molecule has 3 N–H and O–H groups in total. The molecule has 5 nitrogen and oxygen atoms in total. The molecule has 6 heteroatoms. The van der Waals surface area contributed by atoms with E-state index in [2.05, 4.69) is 5.32 Å². The summed E-state index contributed by atoms with van der Waals surface area (Å²) < 4.78 is 23.1. The van der Waals surface area contributed by atoms with E-state index in [-0.39, 0.29) is 24.1 Å². The number of carbonyl (C=O) groups excluding carboxylic acids is 1. The monoisotopic (exact) mass is 262 g/mol. The van der Waals surface area contributed by atoms with Gasteiger partial charge in [-0.25, -0.2) is 8.42 Å². The van der Waals surface area contributed by atoms with Crippen molar-refractivity contribution in [3.05, 3.63) is 0 Å². The molecule has 0 aromatic heterocycles. The van der Waals surface area contributed by atoms with Crippen LogP contribution in [0.2, 0.25) is 0 Å². The van der Waals surface area contributed by atoms with E-state index in [1.165, 1.54) is 0 Å². The lowest BCUT2D eigenvalue weighted by Crippen LogP contribution is -2.40. The van der Waals surface area contributed by atoms with Gasteiger partial charge < -0.3 is 11.1 Å². The molecule has 0 radical (unpaired) electrons. The first-order valence-corrected chi connectivity index (χ1v) is 7.92. The van der Waals surface area contributed by atoms with E-state index in [0.717, 1.165) is 12.8 Å². The number of amides is 1. The first kappa shape index (κ1) is 14.4. The van der Waals surface area contributed by atoms with Crippen molar-refractivity contribution in [2.45, 2.75) is 37.9 Å². The zero-order valence-electron chi connectivity index (χ0n) is 10.3. The smallest absolute Gasteiger partial charge is 0.224 e. The molecular weight excluding hydrogens is 240 g/mol. The second-order valence-corrected chi connectivity index (χ2v) is 7.00. The Hall–Kier alpha value is -0.620. The number of sulfone groups is 1. The van der Waals surface area contributed by atoms with Gasteiger partial charge in [-0.15, -0.1) is 0 Å². The highest BCUT2D eigenvalue weighted by molar-refractivity contribution is 7.92. The normalized spacial score (nSPS) is 24.5. The molecule has 0 aromatic carbocycles. The summed E-state index contributed by atoms with van der Waals surface area (Å²) >= 11 is 0. The molecule has 0 aliphatic carbocycles. The Morgan fingerprint density at radius 2 is 2.24 bits per heavy atom. The Bertz CT molecular complexity index is 354. The molecule has 100 valence electrons. The van der Waals surface area contributed by atoms with Crippen LogP contribution in [0.25, 0.3) is 0 Å². The van der Waals surface area contributed by atoms with Crippen LogP contribution in [0.4, 0.5) is 0 Å². The minimum atomic E-state index is -2.97. The minimum Gasteiger partial charge on any atom is -0.355 e. The van der Waals surface area contributed by atoms with Gasteiger partial charge in [0.15, 0.2) is 9.84 Å². The lowest BCUT2D eigenvalue weighted by atomic mass is 10.0. The standard InChI is InChI=1S/C11H22N2O3S/c1-2-4-9(7-12)11(14)13-8-10-5-3-6-17(10,15)16/h9-10H,2-8,12H2,1H3,(H,13,14). The molecule has 1 rings (SSSR count). The number of nitrogens with one attached hydrogen (secondary N) is 1. The topological polar surface area (TPSA) is 89.3 Å². The Morgan fingerprint density at radius 1 is 1.53 bits per heavy atom. The molecule has 17 heavy (non-hydrogen) atoms. The summed E-state index contributed by atoms with van der Waals surface area (Å²) in [7, 11) is -2.97. The van der Waals surface area contributed by atoms with Crippen LogP contribution in [0.3, 0.4) is 0 Å². The molecule has 1 saturated heterocycles. The first-order chi connectivity index (χ1) is 8.01. The minimum absolute atomic E-state index is 0.114. The quantitative estimate of drug-likeness (QED) is 0.708. The van der Waals surface area contributed by atoms with E-state index in [0.29, 0.717) is 19.4 Å². The molecule has 2 unspecified atom stereocenters. The summed E-state index contributed by atoms with van der Waals surface area (Å²) in [5.74, 6) is -0.0522. The van der Waals surface area contributed by atoms with E-state index in [1.807, 2.05) is 6.92 Å². The summed E-state index contributed by atoms with van der Waals surface area (Å²) in [6, 6.07) is 0. The van der Waals surface area contributed by atoms with Gasteiger partial charge in [-0.3, -0.25) is 4.79 Å². The van der Waals surface area contributed by atoms with Crippen LogP contribution in [-0.4, -0.2) is 38.4 Å². The number of rotatable bonds is 6. The molecular formula is C11H22N2O3S. The van der Waals surface area contributed by atoms with Crippen LogP contribution in [-0.2, 0) is 14.6 Å². The Kier molecular flexibility index (Phi) is 5.39. The van der Waals surface area contributed by atoms with E-state index in [9.17, 15) is 13.2 Å². The zero-order chi connectivity index (χ0) is 12.9. The van der Waals surface area contributed by atoms with Crippen molar-refractivity contribution < 1.29 is 13.2 Å². The second kappa shape index (κ2) is 6.35. The SMILES string of the molecule is CCCC(CN)C(=O)NCC1CCCS1(=O)=O. The van der Waals surface area contributed by atoms with Gasteiger partial charge in [0.1, 0.15) is 0 Å². The molecule has 1 amide bonds. The Morgan fingerprint density at radius 3 is 2.71 bits per heavy atom. The second-order valence-electron chi connectivity index (χ2n) is 4.60. The van der Waals surface area contributed by atoms with E-state index < -0.39 is 15.1 Å². The van der Waals surface area contributed by atoms with Gasteiger partial charge in [0.2, 0.25) is 5.91 Å². The average molecular weight is 262 g/mol. The van der Waals surface area contributed by atoms with Crippen molar-refractivity contribution in [2.24, 2.45) is 11.7 Å². The number of hydrogen-bond donors (Lipinski definition) is 2. The molecule has 0 aromatic rings. The fraction of sp³-hybridized carbons (Fsp3) is 0.909. The molecule has 2 atom stereocenters. The third kappa shape index (κ3) is 3.96. The third-order valence-corrected chi connectivity index (χ3v) is 5.54. The number of hydrogen-bond acceptors (Lipinski definition) is 4. The van der Waals surface area contributed by atoms with Crippen LogP contribution >= 0.6 is 0 Å². The summed E-state index contributed by atoms with van der Waals surface area (Å²) in [4.78, 5) is 11.7. The molecule has 1 aliphatic rings. The van der Waals surface area contributed by atoms with Crippen LogP contribution in [0, 0.1) is 5.92 Å². The molecule has 1 aliphatic heterocycles. The number of carbonyl (C=O) groups is 1. The van der Waals surface area contributed by atoms with Gasteiger partial charge in [-0.05, 0) is 19.3 Å². The lowest BCUT2D eigenvalue weighted by Gasteiger charge is -2.16. The maximum absolute atomic E-state index is 11.7. The van der Waals surface area contributed by atoms with Gasteiger partial charge in [-0.1, -0.05) is 13.3 Å². The van der Waals surface area contributed by atoms with Crippen molar-refractivity contribution in [1.29, 1.82) is 0 Å².